The van der Waals surface area contributed by atoms with Crippen molar-refractivity contribution in [3.8, 4) is 0 Å². The summed E-state index contributed by atoms with van der Waals surface area (Å²) in [5.74, 6) is 0.675. The summed E-state index contributed by atoms with van der Waals surface area (Å²) in [6.45, 7) is 3.63. The van der Waals surface area contributed by atoms with Gasteiger partial charge in [-0.05, 0) is 26.3 Å². The van der Waals surface area contributed by atoms with E-state index in [-0.39, 0.29) is 28.7 Å². The van der Waals surface area contributed by atoms with E-state index in [2.05, 4.69) is 15.3 Å². The number of hydrogen-bond donors (Lipinski definition) is 1. The lowest BCUT2D eigenvalue weighted by molar-refractivity contribution is -0.120. The Balaban J connectivity index is 1.73. The molecule has 24 heavy (non-hydrogen) atoms. The molecule has 3 rings (SSSR count). The molecule has 128 valence electrons. The van der Waals surface area contributed by atoms with Gasteiger partial charge >= 0.3 is 0 Å². The summed E-state index contributed by atoms with van der Waals surface area (Å²) >= 11 is 1.37. The summed E-state index contributed by atoms with van der Waals surface area (Å²) in [5.41, 5.74) is 0.849. The van der Waals surface area contributed by atoms with Gasteiger partial charge in [-0.3, -0.25) is 4.79 Å². The second kappa shape index (κ2) is 6.68. The Labute approximate surface area is 145 Å². The Morgan fingerprint density at radius 2 is 2.08 bits per heavy atom. The second-order valence-electron chi connectivity index (χ2n) is 5.96. The fourth-order valence-electron chi connectivity index (χ4n) is 2.70. The van der Waals surface area contributed by atoms with Crippen molar-refractivity contribution in [3.05, 3.63) is 30.1 Å². The summed E-state index contributed by atoms with van der Waals surface area (Å²) in [6, 6.07) is 7.40. The van der Waals surface area contributed by atoms with Crippen molar-refractivity contribution in [1.29, 1.82) is 0 Å². The number of aromatic nitrogens is 2. The van der Waals surface area contributed by atoms with E-state index in [1.165, 1.54) is 11.8 Å². The summed E-state index contributed by atoms with van der Waals surface area (Å²) < 4.78 is 23.0. The number of fused-ring (bicyclic) bond motifs is 1. The third-order valence-electron chi connectivity index (χ3n) is 3.92. The maximum Gasteiger partial charge on any atom is 0.233 e. The second-order valence-corrected chi connectivity index (χ2v) is 9.52. The van der Waals surface area contributed by atoms with Crippen molar-refractivity contribution in [1.82, 2.24) is 15.3 Å². The topological polar surface area (TPSA) is 89.0 Å². The normalized spacial score (nSPS) is 20.8. The van der Waals surface area contributed by atoms with Gasteiger partial charge in [0.15, 0.2) is 9.84 Å². The average molecular weight is 365 g/mol. The highest BCUT2D eigenvalue weighted by atomic mass is 32.2. The van der Waals surface area contributed by atoms with E-state index in [1.54, 1.807) is 6.92 Å². The molecule has 1 aromatic carbocycles. The van der Waals surface area contributed by atoms with Gasteiger partial charge in [0, 0.05) is 11.4 Å². The molecule has 1 aromatic heterocycles. The van der Waals surface area contributed by atoms with Crippen LogP contribution in [0.15, 0.2) is 29.3 Å². The number of nitrogens with zero attached hydrogens (tertiary/aromatic N) is 2. The number of benzene rings is 1. The molecule has 0 bridgehead atoms. The predicted molar refractivity (Wildman–Crippen MR) is 94.8 cm³/mol. The summed E-state index contributed by atoms with van der Waals surface area (Å²) in [6.07, 6.45) is 0.487. The maximum atomic E-state index is 12.4. The minimum Gasteiger partial charge on any atom is -0.351 e. The highest BCUT2D eigenvalue weighted by Crippen LogP contribution is 2.28. The van der Waals surface area contributed by atoms with Crippen molar-refractivity contribution in [2.24, 2.45) is 0 Å². The molecule has 2 atom stereocenters. The van der Waals surface area contributed by atoms with E-state index >= 15 is 0 Å². The fourth-order valence-corrected chi connectivity index (χ4v) is 5.36. The molecule has 1 aliphatic rings. The molecule has 1 fully saturated rings. The first-order valence-corrected chi connectivity index (χ1v) is 10.4. The predicted octanol–water partition coefficient (Wildman–Crippen LogP) is 1.72. The van der Waals surface area contributed by atoms with Gasteiger partial charge in [0.25, 0.3) is 0 Å². The molecule has 1 saturated heterocycles. The number of thioether (sulfide) groups is 1. The van der Waals surface area contributed by atoms with Gasteiger partial charge in [-0.2, -0.15) is 0 Å². The SMILES string of the molecule is Cc1nc(S[C@H](C)C(=O)N[C@H]2CCS(=O)(=O)C2)c2ccccc2n1. The molecule has 0 saturated carbocycles. The number of aryl methyl sites for hydroxylation is 1. The van der Waals surface area contributed by atoms with Crippen LogP contribution in [-0.2, 0) is 14.6 Å². The Bertz CT molecular complexity index is 883. The molecule has 0 aliphatic carbocycles. The molecule has 2 aromatic rings. The smallest absolute Gasteiger partial charge is 0.233 e. The van der Waals surface area contributed by atoms with E-state index in [9.17, 15) is 13.2 Å². The zero-order valence-electron chi connectivity index (χ0n) is 13.5. The largest absolute Gasteiger partial charge is 0.351 e. The molecular weight excluding hydrogens is 346 g/mol. The number of carbonyl (C=O) groups excluding carboxylic acids is 1. The Kier molecular flexibility index (Phi) is 4.78. The van der Waals surface area contributed by atoms with E-state index in [4.69, 9.17) is 0 Å². The Hall–Kier alpha value is -1.67. The monoisotopic (exact) mass is 365 g/mol. The van der Waals surface area contributed by atoms with Gasteiger partial charge in [0.1, 0.15) is 10.9 Å². The zero-order chi connectivity index (χ0) is 17.3. The van der Waals surface area contributed by atoms with Gasteiger partial charge in [-0.1, -0.05) is 30.0 Å². The first-order chi connectivity index (χ1) is 11.3. The van der Waals surface area contributed by atoms with Crippen LogP contribution in [0.1, 0.15) is 19.2 Å². The molecule has 8 heteroatoms. The van der Waals surface area contributed by atoms with Gasteiger partial charge in [0.05, 0.1) is 22.3 Å². The lowest BCUT2D eigenvalue weighted by Gasteiger charge is -2.16. The highest BCUT2D eigenvalue weighted by molar-refractivity contribution is 8.00. The Morgan fingerprint density at radius 1 is 1.33 bits per heavy atom. The van der Waals surface area contributed by atoms with Crippen LogP contribution in [-0.4, -0.2) is 47.1 Å². The summed E-state index contributed by atoms with van der Waals surface area (Å²) in [7, 11) is -3.00. The van der Waals surface area contributed by atoms with Crippen molar-refractivity contribution >= 4 is 38.4 Å². The number of nitrogens with one attached hydrogen (secondary N) is 1. The van der Waals surface area contributed by atoms with Crippen molar-refractivity contribution in [3.63, 3.8) is 0 Å². The van der Waals surface area contributed by atoms with Crippen LogP contribution in [0, 0.1) is 6.92 Å². The van der Waals surface area contributed by atoms with E-state index < -0.39 is 9.84 Å². The molecule has 6 nitrogen and oxygen atoms in total. The standard InChI is InChI=1S/C16H19N3O3S2/c1-10(15(20)19-12-7-8-24(21,22)9-12)23-16-13-5-3-4-6-14(13)17-11(2)18-16/h3-6,10,12H,7-9H2,1-2H3,(H,19,20)/t10-,12+/m1/s1. The van der Waals surface area contributed by atoms with Crippen LogP contribution in [0.2, 0.25) is 0 Å². The van der Waals surface area contributed by atoms with Crippen LogP contribution < -0.4 is 5.32 Å². The summed E-state index contributed by atoms with van der Waals surface area (Å²) in [4.78, 5) is 21.2. The minimum atomic E-state index is -3.00. The summed E-state index contributed by atoms with van der Waals surface area (Å²) in [5, 5.41) is 4.14. The molecule has 1 amide bonds. The number of hydrogen-bond acceptors (Lipinski definition) is 6. The first kappa shape index (κ1) is 17.2. The van der Waals surface area contributed by atoms with Crippen LogP contribution in [0.5, 0.6) is 0 Å². The third-order valence-corrected chi connectivity index (χ3v) is 6.79. The van der Waals surface area contributed by atoms with Gasteiger partial charge in [0.2, 0.25) is 5.91 Å². The molecule has 0 spiro atoms. The van der Waals surface area contributed by atoms with Crippen LogP contribution in [0.4, 0.5) is 0 Å². The highest BCUT2D eigenvalue weighted by Gasteiger charge is 2.30. The molecular formula is C16H19N3O3S2. The maximum absolute atomic E-state index is 12.4. The van der Waals surface area contributed by atoms with E-state index in [0.29, 0.717) is 12.2 Å². The van der Waals surface area contributed by atoms with Crippen molar-refractivity contribution in [2.75, 3.05) is 11.5 Å². The first-order valence-electron chi connectivity index (χ1n) is 7.75. The van der Waals surface area contributed by atoms with Crippen LogP contribution in [0.3, 0.4) is 0 Å². The van der Waals surface area contributed by atoms with Gasteiger partial charge in [-0.25, -0.2) is 18.4 Å². The fraction of sp³-hybridized carbons (Fsp3) is 0.438. The molecule has 2 heterocycles. The lowest BCUT2D eigenvalue weighted by Crippen LogP contribution is -2.39. The lowest BCUT2D eigenvalue weighted by atomic mass is 10.2. The quantitative estimate of drug-likeness (QED) is 0.655. The van der Waals surface area contributed by atoms with E-state index in [1.807, 2.05) is 31.2 Å². The number of sulfone groups is 1. The van der Waals surface area contributed by atoms with Crippen molar-refractivity contribution < 1.29 is 13.2 Å². The van der Waals surface area contributed by atoms with Crippen LogP contribution >= 0.6 is 11.8 Å². The van der Waals surface area contributed by atoms with Crippen molar-refractivity contribution in [2.45, 2.75) is 36.6 Å². The molecule has 1 aliphatic heterocycles. The minimum absolute atomic E-state index is 0.0334. The zero-order valence-corrected chi connectivity index (χ0v) is 15.2. The molecule has 1 N–H and O–H groups in total. The van der Waals surface area contributed by atoms with E-state index in [0.717, 1.165) is 15.9 Å². The third kappa shape index (κ3) is 3.87. The number of para-hydroxylation sites is 1. The van der Waals surface area contributed by atoms with Crippen LogP contribution in [0.25, 0.3) is 10.9 Å². The van der Waals surface area contributed by atoms with Gasteiger partial charge < -0.3 is 5.32 Å². The molecule has 0 radical (unpaired) electrons. The molecule has 0 unspecified atom stereocenters. The van der Waals surface area contributed by atoms with Gasteiger partial charge in [-0.15, -0.1) is 0 Å². The Morgan fingerprint density at radius 3 is 2.79 bits per heavy atom. The number of rotatable bonds is 4. The number of carbonyl (C=O) groups is 1. The number of amides is 1. The average Bonchev–Trinajstić information content (AvgIpc) is 2.85.